The van der Waals surface area contributed by atoms with Gasteiger partial charge in [-0.3, -0.25) is 4.79 Å². The number of benzene rings is 1. The first-order valence-electron chi connectivity index (χ1n) is 5.09. The largest absolute Gasteiger partial charge is 0.395 e. The third kappa shape index (κ3) is 4.37. The third-order valence-corrected chi connectivity index (χ3v) is 1.96. The van der Waals surface area contributed by atoms with E-state index in [9.17, 15) is 9.18 Å². The first kappa shape index (κ1) is 12.6. The maximum atomic E-state index is 12.8. The van der Waals surface area contributed by atoms with Gasteiger partial charge in [0.15, 0.2) is 0 Å². The van der Waals surface area contributed by atoms with Crippen molar-refractivity contribution in [3.63, 3.8) is 0 Å². The van der Waals surface area contributed by atoms with Gasteiger partial charge in [-0.05, 0) is 18.2 Å². The van der Waals surface area contributed by atoms with Gasteiger partial charge < -0.3 is 15.7 Å². The fourth-order valence-corrected chi connectivity index (χ4v) is 1.20. The van der Waals surface area contributed by atoms with E-state index in [1.165, 1.54) is 18.2 Å². The highest BCUT2D eigenvalue weighted by molar-refractivity contribution is 5.94. The van der Waals surface area contributed by atoms with Crippen molar-refractivity contribution in [1.82, 2.24) is 10.6 Å². The summed E-state index contributed by atoms with van der Waals surface area (Å²) >= 11 is 0. The van der Waals surface area contributed by atoms with Crippen molar-refractivity contribution in [2.75, 3.05) is 26.2 Å². The summed E-state index contributed by atoms with van der Waals surface area (Å²) in [4.78, 5) is 11.5. The van der Waals surface area contributed by atoms with Crippen LogP contribution < -0.4 is 10.6 Å². The van der Waals surface area contributed by atoms with E-state index in [4.69, 9.17) is 5.11 Å². The van der Waals surface area contributed by atoms with Crippen LogP contribution in [-0.4, -0.2) is 37.3 Å². The molecule has 0 radical (unpaired) electrons. The zero-order chi connectivity index (χ0) is 11.8. The Morgan fingerprint density at radius 1 is 1.31 bits per heavy atom. The molecule has 0 fully saturated rings. The average molecular weight is 226 g/mol. The van der Waals surface area contributed by atoms with E-state index < -0.39 is 5.82 Å². The number of aliphatic hydroxyl groups excluding tert-OH is 1. The van der Waals surface area contributed by atoms with Crippen molar-refractivity contribution in [3.05, 3.63) is 35.6 Å². The summed E-state index contributed by atoms with van der Waals surface area (Å²) in [7, 11) is 0. The van der Waals surface area contributed by atoms with Gasteiger partial charge in [0, 0.05) is 25.2 Å². The summed E-state index contributed by atoms with van der Waals surface area (Å²) in [5, 5.41) is 14.0. The molecule has 1 rings (SSSR count). The number of nitrogens with one attached hydrogen (secondary N) is 2. The Bertz CT molecular complexity index is 345. The fraction of sp³-hybridized carbons (Fsp3) is 0.364. The van der Waals surface area contributed by atoms with Crippen LogP contribution in [0.25, 0.3) is 0 Å². The lowest BCUT2D eigenvalue weighted by atomic mass is 10.2. The number of carbonyl (C=O) groups is 1. The number of halogens is 1. The molecule has 1 aromatic carbocycles. The molecule has 0 aliphatic rings. The van der Waals surface area contributed by atoms with E-state index in [1.54, 1.807) is 6.07 Å². The molecule has 0 spiro atoms. The number of amides is 1. The Kier molecular flexibility index (Phi) is 5.45. The number of carbonyl (C=O) groups excluding carboxylic acids is 1. The number of hydrogen-bond donors (Lipinski definition) is 3. The minimum atomic E-state index is -0.425. The lowest BCUT2D eigenvalue weighted by Gasteiger charge is -2.05. The van der Waals surface area contributed by atoms with Gasteiger partial charge in [-0.15, -0.1) is 0 Å². The van der Waals surface area contributed by atoms with Crippen LogP contribution >= 0.6 is 0 Å². The third-order valence-electron chi connectivity index (χ3n) is 1.96. The van der Waals surface area contributed by atoms with E-state index in [-0.39, 0.29) is 12.5 Å². The van der Waals surface area contributed by atoms with Crippen LogP contribution in [0, 0.1) is 5.82 Å². The average Bonchev–Trinajstić information content (AvgIpc) is 2.28. The van der Waals surface area contributed by atoms with Gasteiger partial charge in [0.2, 0.25) is 0 Å². The molecule has 3 N–H and O–H groups in total. The maximum absolute atomic E-state index is 12.8. The molecule has 0 aromatic heterocycles. The molecule has 0 saturated heterocycles. The Hall–Kier alpha value is -1.46. The maximum Gasteiger partial charge on any atom is 0.251 e. The molecule has 1 aromatic rings. The van der Waals surface area contributed by atoms with Gasteiger partial charge in [-0.1, -0.05) is 6.07 Å². The summed E-state index contributed by atoms with van der Waals surface area (Å²) in [6.07, 6.45) is 0. The Balaban J connectivity index is 2.30. The molecule has 0 aliphatic carbocycles. The van der Waals surface area contributed by atoms with E-state index in [1.807, 2.05) is 0 Å². The Morgan fingerprint density at radius 3 is 2.81 bits per heavy atom. The molecule has 4 nitrogen and oxygen atoms in total. The summed E-state index contributed by atoms with van der Waals surface area (Å²) in [5.74, 6) is -0.726. The van der Waals surface area contributed by atoms with E-state index in [0.717, 1.165) is 0 Å². The molecule has 88 valence electrons. The number of rotatable bonds is 6. The van der Waals surface area contributed by atoms with Crippen molar-refractivity contribution in [3.8, 4) is 0 Å². The highest BCUT2D eigenvalue weighted by atomic mass is 19.1. The van der Waals surface area contributed by atoms with Crippen LogP contribution in [0.2, 0.25) is 0 Å². The SMILES string of the molecule is O=C(NCCNCCO)c1cccc(F)c1. The highest BCUT2D eigenvalue weighted by Gasteiger charge is 2.04. The zero-order valence-corrected chi connectivity index (χ0v) is 8.87. The molecule has 0 bridgehead atoms. The number of hydrogen-bond acceptors (Lipinski definition) is 3. The van der Waals surface area contributed by atoms with Crippen LogP contribution in [0.15, 0.2) is 24.3 Å². The van der Waals surface area contributed by atoms with Crippen molar-refractivity contribution in [1.29, 1.82) is 0 Å². The smallest absolute Gasteiger partial charge is 0.251 e. The molecule has 0 atom stereocenters. The normalized spacial score (nSPS) is 10.1. The van der Waals surface area contributed by atoms with Crippen LogP contribution in [0.5, 0.6) is 0 Å². The van der Waals surface area contributed by atoms with Crippen molar-refractivity contribution in [2.45, 2.75) is 0 Å². The van der Waals surface area contributed by atoms with Crippen LogP contribution in [0.4, 0.5) is 4.39 Å². The second-order valence-electron chi connectivity index (χ2n) is 3.24. The predicted octanol–water partition coefficient (Wildman–Crippen LogP) is 0.137. The lowest BCUT2D eigenvalue weighted by Crippen LogP contribution is -2.32. The van der Waals surface area contributed by atoms with Gasteiger partial charge in [0.05, 0.1) is 6.61 Å². The Morgan fingerprint density at radius 2 is 2.12 bits per heavy atom. The minimum Gasteiger partial charge on any atom is -0.395 e. The van der Waals surface area contributed by atoms with Gasteiger partial charge in [-0.25, -0.2) is 4.39 Å². The second kappa shape index (κ2) is 6.92. The standard InChI is InChI=1S/C11H15FN2O2/c12-10-3-1-2-9(8-10)11(16)14-5-4-13-6-7-15/h1-3,8,13,15H,4-7H2,(H,14,16). The molecule has 5 heteroatoms. The topological polar surface area (TPSA) is 61.4 Å². The lowest BCUT2D eigenvalue weighted by molar-refractivity contribution is 0.0953. The molecule has 0 aliphatic heterocycles. The second-order valence-corrected chi connectivity index (χ2v) is 3.24. The van der Waals surface area contributed by atoms with Crippen LogP contribution in [0.3, 0.4) is 0 Å². The molecule has 0 heterocycles. The molecular weight excluding hydrogens is 211 g/mol. The van der Waals surface area contributed by atoms with Crippen molar-refractivity contribution >= 4 is 5.91 Å². The quantitative estimate of drug-likeness (QED) is 0.605. The van der Waals surface area contributed by atoms with Gasteiger partial charge >= 0.3 is 0 Å². The van der Waals surface area contributed by atoms with E-state index >= 15 is 0 Å². The molecule has 0 unspecified atom stereocenters. The predicted molar refractivity (Wildman–Crippen MR) is 58.7 cm³/mol. The number of aliphatic hydroxyl groups is 1. The van der Waals surface area contributed by atoms with Gasteiger partial charge in [0.25, 0.3) is 5.91 Å². The summed E-state index contributed by atoms with van der Waals surface area (Å²) in [6.45, 7) is 1.57. The molecule has 1 amide bonds. The monoisotopic (exact) mass is 226 g/mol. The Labute approximate surface area is 93.5 Å². The fourth-order valence-electron chi connectivity index (χ4n) is 1.20. The minimum absolute atomic E-state index is 0.0673. The van der Waals surface area contributed by atoms with Crippen molar-refractivity contribution < 1.29 is 14.3 Å². The van der Waals surface area contributed by atoms with E-state index in [0.29, 0.717) is 25.2 Å². The summed E-state index contributed by atoms with van der Waals surface area (Å²) < 4.78 is 12.8. The van der Waals surface area contributed by atoms with Crippen LogP contribution in [0.1, 0.15) is 10.4 Å². The molecule has 16 heavy (non-hydrogen) atoms. The zero-order valence-electron chi connectivity index (χ0n) is 8.87. The highest BCUT2D eigenvalue weighted by Crippen LogP contribution is 2.02. The molecular formula is C11H15FN2O2. The van der Waals surface area contributed by atoms with E-state index in [2.05, 4.69) is 10.6 Å². The first-order chi connectivity index (χ1) is 7.74. The molecule has 0 saturated carbocycles. The van der Waals surface area contributed by atoms with Gasteiger partial charge in [-0.2, -0.15) is 0 Å². The summed E-state index contributed by atoms with van der Waals surface area (Å²) in [5.41, 5.74) is 0.308. The first-order valence-corrected chi connectivity index (χ1v) is 5.09. The van der Waals surface area contributed by atoms with Crippen molar-refractivity contribution in [2.24, 2.45) is 0 Å². The van der Waals surface area contributed by atoms with Gasteiger partial charge in [0.1, 0.15) is 5.82 Å². The summed E-state index contributed by atoms with van der Waals surface area (Å²) in [6, 6.07) is 5.53. The van der Waals surface area contributed by atoms with Crippen LogP contribution in [-0.2, 0) is 0 Å².